The van der Waals surface area contributed by atoms with Crippen LogP contribution in [0.4, 0.5) is 5.69 Å². The summed E-state index contributed by atoms with van der Waals surface area (Å²) < 4.78 is 10.3. The Morgan fingerprint density at radius 2 is 1.83 bits per heavy atom. The van der Waals surface area contributed by atoms with E-state index in [0.717, 1.165) is 0 Å². The van der Waals surface area contributed by atoms with Crippen LogP contribution in [0.15, 0.2) is 36.4 Å². The van der Waals surface area contributed by atoms with Gasteiger partial charge in [-0.05, 0) is 24.3 Å². The Labute approximate surface area is 138 Å². The Balaban J connectivity index is 2.14. The molecule has 0 saturated carbocycles. The number of aromatic carboxylic acids is 1. The molecular formula is C17H17NO6. The van der Waals surface area contributed by atoms with Crippen molar-refractivity contribution in [2.75, 3.05) is 19.5 Å². The first-order valence-corrected chi connectivity index (χ1v) is 7.01. The van der Waals surface area contributed by atoms with Crippen LogP contribution in [0.2, 0.25) is 0 Å². The van der Waals surface area contributed by atoms with Crippen molar-refractivity contribution in [2.24, 2.45) is 0 Å². The standard InChI is InChI=1S/C17H17NO6/c1-23-12-5-3-10(15(9-12)24-2)7-16(20)18-11-4-6-14(19)13(8-11)17(21)22/h3-6,8-9,19H,7H2,1-2H3,(H,18,20)(H,21,22). The van der Waals surface area contributed by atoms with Crippen LogP contribution in [0.1, 0.15) is 15.9 Å². The summed E-state index contributed by atoms with van der Waals surface area (Å²) in [6.07, 6.45) is 0.0381. The number of anilines is 1. The minimum absolute atomic E-state index is 0.0381. The fourth-order valence-electron chi connectivity index (χ4n) is 2.16. The number of carbonyl (C=O) groups excluding carboxylic acids is 1. The molecule has 0 radical (unpaired) electrons. The van der Waals surface area contributed by atoms with Gasteiger partial charge in [-0.2, -0.15) is 0 Å². The molecule has 0 saturated heterocycles. The maximum Gasteiger partial charge on any atom is 0.339 e. The first-order valence-electron chi connectivity index (χ1n) is 7.01. The lowest BCUT2D eigenvalue weighted by atomic mass is 10.1. The SMILES string of the molecule is COc1ccc(CC(=O)Nc2ccc(O)c(C(=O)O)c2)c(OC)c1. The maximum atomic E-state index is 12.2. The molecule has 2 aromatic rings. The molecule has 3 N–H and O–H groups in total. The van der Waals surface area contributed by atoms with Crippen molar-refractivity contribution in [2.45, 2.75) is 6.42 Å². The molecule has 2 rings (SSSR count). The van der Waals surface area contributed by atoms with Gasteiger partial charge in [-0.1, -0.05) is 6.07 Å². The van der Waals surface area contributed by atoms with Crippen molar-refractivity contribution in [3.05, 3.63) is 47.5 Å². The third kappa shape index (κ3) is 3.95. The van der Waals surface area contributed by atoms with Crippen LogP contribution >= 0.6 is 0 Å². The van der Waals surface area contributed by atoms with Crippen LogP contribution < -0.4 is 14.8 Å². The number of hydrogen-bond acceptors (Lipinski definition) is 5. The predicted molar refractivity (Wildman–Crippen MR) is 86.9 cm³/mol. The molecule has 0 aliphatic carbocycles. The number of aromatic hydroxyl groups is 1. The molecule has 126 valence electrons. The molecule has 0 atom stereocenters. The van der Waals surface area contributed by atoms with Gasteiger partial charge in [-0.15, -0.1) is 0 Å². The molecule has 24 heavy (non-hydrogen) atoms. The fourth-order valence-corrected chi connectivity index (χ4v) is 2.16. The van der Waals surface area contributed by atoms with E-state index in [4.69, 9.17) is 14.6 Å². The van der Waals surface area contributed by atoms with E-state index in [1.54, 1.807) is 18.2 Å². The zero-order valence-electron chi connectivity index (χ0n) is 13.2. The molecular weight excluding hydrogens is 314 g/mol. The van der Waals surface area contributed by atoms with E-state index in [0.29, 0.717) is 17.1 Å². The number of carboxylic acids is 1. The van der Waals surface area contributed by atoms with E-state index >= 15 is 0 Å². The van der Waals surface area contributed by atoms with Gasteiger partial charge in [0.25, 0.3) is 0 Å². The smallest absolute Gasteiger partial charge is 0.339 e. The molecule has 0 spiro atoms. The summed E-state index contributed by atoms with van der Waals surface area (Å²) in [5.74, 6) is -0.861. The van der Waals surface area contributed by atoms with Gasteiger partial charge in [0.15, 0.2) is 0 Å². The molecule has 0 aliphatic rings. The van der Waals surface area contributed by atoms with Gasteiger partial charge >= 0.3 is 5.97 Å². The zero-order valence-corrected chi connectivity index (χ0v) is 13.2. The largest absolute Gasteiger partial charge is 0.507 e. The van der Waals surface area contributed by atoms with Crippen molar-refractivity contribution in [1.82, 2.24) is 0 Å². The molecule has 7 nitrogen and oxygen atoms in total. The minimum Gasteiger partial charge on any atom is -0.507 e. The van der Waals surface area contributed by atoms with Gasteiger partial charge in [0.1, 0.15) is 22.8 Å². The number of benzene rings is 2. The fraction of sp³-hybridized carbons (Fsp3) is 0.176. The number of hydrogen-bond donors (Lipinski definition) is 3. The molecule has 0 aromatic heterocycles. The Kier molecular flexibility index (Phi) is 5.26. The lowest BCUT2D eigenvalue weighted by Crippen LogP contribution is -2.15. The highest BCUT2D eigenvalue weighted by molar-refractivity contribution is 5.96. The lowest BCUT2D eigenvalue weighted by molar-refractivity contribution is -0.115. The normalized spacial score (nSPS) is 10.1. The average Bonchev–Trinajstić information content (AvgIpc) is 2.56. The molecule has 0 unspecified atom stereocenters. The first-order chi connectivity index (χ1) is 11.4. The van der Waals surface area contributed by atoms with Gasteiger partial charge in [0, 0.05) is 17.3 Å². The number of methoxy groups -OCH3 is 2. The second-order valence-corrected chi connectivity index (χ2v) is 4.94. The van der Waals surface area contributed by atoms with Crippen molar-refractivity contribution in [1.29, 1.82) is 0 Å². The molecule has 2 aromatic carbocycles. The topological polar surface area (TPSA) is 105 Å². The van der Waals surface area contributed by atoms with Crippen LogP contribution in [0.5, 0.6) is 17.2 Å². The minimum atomic E-state index is -1.28. The quantitative estimate of drug-likeness (QED) is 0.702. The number of ether oxygens (including phenoxy) is 2. The highest BCUT2D eigenvalue weighted by atomic mass is 16.5. The Bertz CT molecular complexity index is 772. The highest BCUT2D eigenvalue weighted by Gasteiger charge is 2.13. The third-order valence-corrected chi connectivity index (χ3v) is 3.36. The zero-order chi connectivity index (χ0) is 17.7. The summed E-state index contributed by atoms with van der Waals surface area (Å²) >= 11 is 0. The molecule has 0 fully saturated rings. The molecule has 1 amide bonds. The summed E-state index contributed by atoms with van der Waals surface area (Å²) in [7, 11) is 3.03. The Morgan fingerprint density at radius 3 is 2.46 bits per heavy atom. The molecule has 7 heteroatoms. The van der Waals surface area contributed by atoms with E-state index in [9.17, 15) is 14.7 Å². The molecule has 0 heterocycles. The maximum absolute atomic E-state index is 12.2. The van der Waals surface area contributed by atoms with Crippen molar-refractivity contribution in [3.63, 3.8) is 0 Å². The van der Waals surface area contributed by atoms with E-state index < -0.39 is 5.97 Å². The molecule has 0 aliphatic heterocycles. The second-order valence-electron chi connectivity index (χ2n) is 4.94. The van der Waals surface area contributed by atoms with Gasteiger partial charge in [0.2, 0.25) is 5.91 Å². The van der Waals surface area contributed by atoms with Gasteiger partial charge in [0.05, 0.1) is 20.6 Å². The van der Waals surface area contributed by atoms with Crippen LogP contribution in [0.25, 0.3) is 0 Å². The van der Waals surface area contributed by atoms with Gasteiger partial charge < -0.3 is 25.0 Å². The number of phenols is 1. The Morgan fingerprint density at radius 1 is 1.08 bits per heavy atom. The van der Waals surface area contributed by atoms with Crippen LogP contribution in [0, 0.1) is 0 Å². The number of rotatable bonds is 6. The Hall–Kier alpha value is -3.22. The first kappa shape index (κ1) is 17.1. The summed E-state index contributed by atoms with van der Waals surface area (Å²) in [6, 6.07) is 8.94. The molecule has 0 bridgehead atoms. The summed E-state index contributed by atoms with van der Waals surface area (Å²) in [6.45, 7) is 0. The van der Waals surface area contributed by atoms with Crippen molar-refractivity contribution < 1.29 is 29.3 Å². The van der Waals surface area contributed by atoms with E-state index in [1.165, 1.54) is 32.4 Å². The summed E-state index contributed by atoms with van der Waals surface area (Å²) in [5.41, 5.74) is 0.658. The number of carboxylic acid groups (broad SMARTS) is 1. The van der Waals surface area contributed by atoms with Crippen LogP contribution in [0.3, 0.4) is 0 Å². The van der Waals surface area contributed by atoms with Crippen molar-refractivity contribution in [3.8, 4) is 17.2 Å². The number of nitrogens with one attached hydrogen (secondary N) is 1. The average molecular weight is 331 g/mol. The lowest BCUT2D eigenvalue weighted by Gasteiger charge is -2.11. The number of carbonyl (C=O) groups is 2. The summed E-state index contributed by atoms with van der Waals surface area (Å²) in [4.78, 5) is 23.2. The number of amides is 1. The van der Waals surface area contributed by atoms with Crippen LogP contribution in [-0.2, 0) is 11.2 Å². The van der Waals surface area contributed by atoms with Crippen LogP contribution in [-0.4, -0.2) is 36.3 Å². The monoisotopic (exact) mass is 331 g/mol. The van der Waals surface area contributed by atoms with Gasteiger partial charge in [-0.3, -0.25) is 4.79 Å². The predicted octanol–water partition coefficient (Wildman–Crippen LogP) is 2.29. The summed E-state index contributed by atoms with van der Waals surface area (Å²) in [5, 5.41) is 21.0. The highest BCUT2D eigenvalue weighted by Crippen LogP contribution is 2.26. The van der Waals surface area contributed by atoms with E-state index in [2.05, 4.69) is 5.32 Å². The van der Waals surface area contributed by atoms with Gasteiger partial charge in [-0.25, -0.2) is 4.79 Å². The third-order valence-electron chi connectivity index (χ3n) is 3.36. The second kappa shape index (κ2) is 7.36. The van der Waals surface area contributed by atoms with E-state index in [-0.39, 0.29) is 29.3 Å². The van der Waals surface area contributed by atoms with E-state index in [1.807, 2.05) is 0 Å². The van der Waals surface area contributed by atoms with Crippen molar-refractivity contribution >= 4 is 17.6 Å².